The number of pyridine rings is 1. The molecule has 5 rings (SSSR count). The quantitative estimate of drug-likeness (QED) is 0.411. The van der Waals surface area contributed by atoms with Gasteiger partial charge in [-0.1, -0.05) is 48.5 Å². The summed E-state index contributed by atoms with van der Waals surface area (Å²) in [7, 11) is 0. The fourth-order valence-electron chi connectivity index (χ4n) is 4.38. The van der Waals surface area contributed by atoms with E-state index in [9.17, 15) is 10.2 Å². The van der Waals surface area contributed by atoms with Crippen LogP contribution >= 0.6 is 12.4 Å². The number of benzene rings is 2. The highest BCUT2D eigenvalue weighted by Gasteiger charge is 2.53. The predicted octanol–water partition coefficient (Wildman–Crippen LogP) is 3.78. The third-order valence-corrected chi connectivity index (χ3v) is 6.43. The van der Waals surface area contributed by atoms with Crippen molar-refractivity contribution >= 4 is 23.2 Å². The molecule has 1 fully saturated rings. The molecule has 2 aromatic carbocycles. The molecule has 4 aromatic rings. The van der Waals surface area contributed by atoms with Gasteiger partial charge in [0.15, 0.2) is 0 Å². The first-order chi connectivity index (χ1) is 15.2. The molecule has 1 saturated heterocycles. The van der Waals surface area contributed by atoms with Crippen molar-refractivity contribution in [3.63, 3.8) is 0 Å². The number of nitrogens with zero attached hydrogens (tertiary/aromatic N) is 3. The molecule has 3 heterocycles. The molecule has 2 aromatic heterocycles. The molecule has 0 unspecified atom stereocenters. The van der Waals surface area contributed by atoms with Gasteiger partial charge in [0.05, 0.1) is 0 Å². The van der Waals surface area contributed by atoms with E-state index in [2.05, 4.69) is 33.4 Å². The molecule has 1 aliphatic heterocycles. The normalized spacial score (nSPS) is 17.1. The second kappa shape index (κ2) is 8.18. The van der Waals surface area contributed by atoms with E-state index in [-0.39, 0.29) is 18.3 Å². The summed E-state index contributed by atoms with van der Waals surface area (Å²) < 4.78 is 5.23. The number of halogens is 1. The second-order valence-corrected chi connectivity index (χ2v) is 9.38. The Morgan fingerprint density at radius 3 is 2.33 bits per heavy atom. The number of aliphatic hydroxyl groups is 2. The lowest BCUT2D eigenvalue weighted by Crippen LogP contribution is -2.63. The molecule has 1 aliphatic rings. The summed E-state index contributed by atoms with van der Waals surface area (Å²) in [4.78, 5) is 8.72. The average Bonchev–Trinajstić information content (AvgIpc) is 3.28. The van der Waals surface area contributed by atoms with Crippen molar-refractivity contribution in [1.29, 1.82) is 0 Å². The summed E-state index contributed by atoms with van der Waals surface area (Å²) in [5.74, 6) is 0.437. The van der Waals surface area contributed by atoms with Crippen molar-refractivity contribution in [2.75, 3.05) is 13.1 Å². The molecule has 0 amide bonds. The van der Waals surface area contributed by atoms with E-state index in [0.717, 1.165) is 16.3 Å². The molecular formula is C25H27ClN4O3. The predicted molar refractivity (Wildman–Crippen MR) is 128 cm³/mol. The first-order valence-corrected chi connectivity index (χ1v) is 10.7. The van der Waals surface area contributed by atoms with Crippen molar-refractivity contribution in [3.8, 4) is 11.4 Å². The molecule has 0 saturated carbocycles. The number of hydrogen-bond donors (Lipinski definition) is 3. The van der Waals surface area contributed by atoms with Crippen LogP contribution in [0.25, 0.3) is 22.2 Å². The number of aromatic nitrogens is 3. The molecule has 1 atom stereocenters. The van der Waals surface area contributed by atoms with E-state index in [1.165, 1.54) is 0 Å². The van der Waals surface area contributed by atoms with E-state index in [4.69, 9.17) is 4.52 Å². The largest absolute Gasteiger partial charge is 0.381 e. The second-order valence-electron chi connectivity index (χ2n) is 9.38. The first kappa shape index (κ1) is 23.3. The Bertz CT molecular complexity index is 1300. The summed E-state index contributed by atoms with van der Waals surface area (Å²) in [6, 6.07) is 16.0. The van der Waals surface area contributed by atoms with E-state index in [0.29, 0.717) is 30.0 Å². The van der Waals surface area contributed by atoms with E-state index >= 15 is 0 Å². The van der Waals surface area contributed by atoms with Gasteiger partial charge in [-0.05, 0) is 42.3 Å². The van der Waals surface area contributed by atoms with Crippen LogP contribution in [0.3, 0.4) is 0 Å². The monoisotopic (exact) mass is 466 g/mol. The van der Waals surface area contributed by atoms with E-state index in [1.807, 2.05) is 42.5 Å². The zero-order valence-corrected chi connectivity index (χ0v) is 19.6. The summed E-state index contributed by atoms with van der Waals surface area (Å²) in [5.41, 5.74) is -0.878. The molecule has 0 bridgehead atoms. The molecule has 3 N–H and O–H groups in total. The van der Waals surface area contributed by atoms with Gasteiger partial charge in [-0.2, -0.15) is 4.98 Å². The van der Waals surface area contributed by atoms with Crippen molar-refractivity contribution < 1.29 is 14.7 Å². The van der Waals surface area contributed by atoms with Crippen molar-refractivity contribution in [3.05, 3.63) is 77.9 Å². The van der Waals surface area contributed by atoms with Crippen LogP contribution in [0.1, 0.15) is 37.8 Å². The third-order valence-electron chi connectivity index (χ3n) is 6.43. The van der Waals surface area contributed by atoms with Crippen LogP contribution in [0.5, 0.6) is 0 Å². The van der Waals surface area contributed by atoms with Gasteiger partial charge in [0, 0.05) is 42.0 Å². The molecule has 0 spiro atoms. The minimum atomic E-state index is -1.28. The van der Waals surface area contributed by atoms with Gasteiger partial charge in [-0.3, -0.25) is 4.98 Å². The van der Waals surface area contributed by atoms with Crippen LogP contribution in [0.2, 0.25) is 0 Å². The highest BCUT2D eigenvalue weighted by atomic mass is 35.5. The minimum absolute atomic E-state index is 0. The number of rotatable bonds is 5. The van der Waals surface area contributed by atoms with Crippen molar-refractivity contribution in [1.82, 2.24) is 20.4 Å². The van der Waals surface area contributed by atoms with Crippen LogP contribution in [-0.4, -0.2) is 38.4 Å². The standard InChI is InChI=1S/C25H26N4O3.ClH/c1-23(2,30)22-28-21(29-32-22)18-11-20(13-26-12-18)25(31,24(3)14-27-15-24)19-9-8-16-6-4-5-7-17(16)10-19;/h4-13,27,30-31H,14-15H2,1-3H3;1H/t25-;/m0./s1. The molecule has 172 valence electrons. The van der Waals surface area contributed by atoms with Crippen molar-refractivity contribution in [2.24, 2.45) is 5.41 Å². The average molecular weight is 467 g/mol. The molecule has 8 heteroatoms. The maximum absolute atomic E-state index is 12.3. The summed E-state index contributed by atoms with van der Waals surface area (Å²) in [5, 5.41) is 32.0. The highest BCUT2D eigenvalue weighted by molar-refractivity contribution is 5.85. The smallest absolute Gasteiger partial charge is 0.258 e. The van der Waals surface area contributed by atoms with Gasteiger partial charge < -0.3 is 20.1 Å². The first-order valence-electron chi connectivity index (χ1n) is 10.7. The SMILES string of the molecule is CC(C)(O)c1nc(-c2cncc([C@@](O)(c3ccc4ccccc4c3)C3(C)CNC3)c2)no1.Cl. The molecule has 0 aliphatic carbocycles. The summed E-state index contributed by atoms with van der Waals surface area (Å²) in [6.45, 7) is 6.59. The fourth-order valence-corrected chi connectivity index (χ4v) is 4.38. The Morgan fingerprint density at radius 2 is 1.70 bits per heavy atom. The van der Waals surface area contributed by atoms with Crippen LogP contribution in [0, 0.1) is 5.41 Å². The van der Waals surface area contributed by atoms with Gasteiger partial charge >= 0.3 is 0 Å². The van der Waals surface area contributed by atoms with Gasteiger partial charge in [0.25, 0.3) is 5.89 Å². The Kier molecular flexibility index (Phi) is 5.78. The zero-order chi connectivity index (χ0) is 22.6. The van der Waals surface area contributed by atoms with Crippen LogP contribution in [0.15, 0.2) is 65.4 Å². The Hall–Kier alpha value is -2.84. The maximum atomic E-state index is 12.3. The number of fused-ring (bicyclic) bond motifs is 1. The van der Waals surface area contributed by atoms with E-state index < -0.39 is 16.6 Å². The Labute approximate surface area is 198 Å². The summed E-state index contributed by atoms with van der Waals surface area (Å²) in [6.07, 6.45) is 3.32. The topological polar surface area (TPSA) is 104 Å². The van der Waals surface area contributed by atoms with Gasteiger partial charge in [-0.25, -0.2) is 0 Å². The third kappa shape index (κ3) is 3.81. The fraction of sp³-hybridized carbons (Fsp3) is 0.320. The lowest BCUT2D eigenvalue weighted by molar-refractivity contribution is -0.0768. The Morgan fingerprint density at radius 1 is 0.970 bits per heavy atom. The highest BCUT2D eigenvalue weighted by Crippen LogP contribution is 2.48. The molecular weight excluding hydrogens is 440 g/mol. The van der Waals surface area contributed by atoms with E-state index in [1.54, 1.807) is 26.2 Å². The number of nitrogens with one attached hydrogen (secondary N) is 1. The van der Waals surface area contributed by atoms with Crippen LogP contribution in [-0.2, 0) is 11.2 Å². The van der Waals surface area contributed by atoms with Gasteiger partial charge in [0.2, 0.25) is 5.82 Å². The van der Waals surface area contributed by atoms with Gasteiger partial charge in [0.1, 0.15) is 11.2 Å². The zero-order valence-electron chi connectivity index (χ0n) is 18.7. The van der Waals surface area contributed by atoms with Crippen LogP contribution in [0.4, 0.5) is 0 Å². The summed E-state index contributed by atoms with van der Waals surface area (Å²) >= 11 is 0. The lowest BCUT2D eigenvalue weighted by atomic mass is 9.62. The number of hydrogen-bond acceptors (Lipinski definition) is 7. The molecule has 33 heavy (non-hydrogen) atoms. The van der Waals surface area contributed by atoms with Crippen molar-refractivity contribution in [2.45, 2.75) is 32.0 Å². The molecule has 7 nitrogen and oxygen atoms in total. The lowest BCUT2D eigenvalue weighted by Gasteiger charge is -2.52. The molecule has 0 radical (unpaired) electrons. The van der Waals surface area contributed by atoms with Crippen LogP contribution < -0.4 is 5.32 Å². The van der Waals surface area contributed by atoms with Gasteiger partial charge in [-0.15, -0.1) is 12.4 Å². The Balaban J connectivity index is 0.00000259. The minimum Gasteiger partial charge on any atom is -0.381 e. The maximum Gasteiger partial charge on any atom is 0.258 e.